The highest BCUT2D eigenvalue weighted by atomic mass is 16.6. The molecule has 1 aliphatic heterocycles. The summed E-state index contributed by atoms with van der Waals surface area (Å²) in [6.07, 6.45) is 3.20. The first-order chi connectivity index (χ1) is 13.4. The number of amides is 1. The molecule has 0 spiro atoms. The standard InChI is InChI=1S/C21H29N5O2/c1-21(2,3)28-20(27)24-17-10-12-26(15-17)18-13-19(25-23-14-18)22-11-9-16-7-5-4-6-8-16/h4-8,13-14,17H,9-12,15H2,1-3H3,(H,22,25)(H,24,27)/t17-/m1/s1. The van der Waals surface area contributed by atoms with E-state index < -0.39 is 5.60 Å². The first-order valence-electron chi connectivity index (χ1n) is 9.74. The number of hydrogen-bond acceptors (Lipinski definition) is 6. The van der Waals surface area contributed by atoms with Gasteiger partial charge >= 0.3 is 6.09 Å². The molecule has 3 rings (SSSR count). The van der Waals surface area contributed by atoms with Gasteiger partial charge in [0.1, 0.15) is 5.60 Å². The Bertz CT molecular complexity index is 776. The number of nitrogens with one attached hydrogen (secondary N) is 2. The molecule has 1 aromatic carbocycles. The Morgan fingerprint density at radius 3 is 2.82 bits per heavy atom. The minimum atomic E-state index is -0.488. The Labute approximate surface area is 166 Å². The van der Waals surface area contributed by atoms with E-state index in [-0.39, 0.29) is 12.1 Å². The molecule has 1 amide bonds. The third-order valence-electron chi connectivity index (χ3n) is 4.48. The molecule has 150 valence electrons. The highest BCUT2D eigenvalue weighted by Crippen LogP contribution is 2.21. The second kappa shape index (κ2) is 8.91. The van der Waals surface area contributed by atoms with Crippen LogP contribution in [0, 0.1) is 0 Å². The van der Waals surface area contributed by atoms with Gasteiger partial charge in [-0.25, -0.2) is 4.79 Å². The van der Waals surface area contributed by atoms with Crippen molar-refractivity contribution in [1.82, 2.24) is 15.5 Å². The zero-order chi connectivity index (χ0) is 20.0. The molecule has 1 saturated heterocycles. The third kappa shape index (κ3) is 6.11. The second-order valence-electron chi connectivity index (χ2n) is 8.04. The Hall–Kier alpha value is -2.83. The van der Waals surface area contributed by atoms with Gasteiger partial charge in [0.05, 0.1) is 17.9 Å². The molecule has 28 heavy (non-hydrogen) atoms. The number of carbonyl (C=O) groups is 1. The zero-order valence-electron chi connectivity index (χ0n) is 16.8. The third-order valence-corrected chi connectivity index (χ3v) is 4.48. The number of benzene rings is 1. The monoisotopic (exact) mass is 383 g/mol. The van der Waals surface area contributed by atoms with Crippen LogP contribution in [0.3, 0.4) is 0 Å². The predicted molar refractivity (Wildman–Crippen MR) is 111 cm³/mol. The molecule has 2 aromatic rings. The van der Waals surface area contributed by atoms with Crippen LogP contribution >= 0.6 is 0 Å². The summed E-state index contributed by atoms with van der Waals surface area (Å²) in [7, 11) is 0. The van der Waals surface area contributed by atoms with Crippen molar-refractivity contribution in [2.24, 2.45) is 0 Å². The van der Waals surface area contributed by atoms with E-state index in [2.05, 4.69) is 37.9 Å². The lowest BCUT2D eigenvalue weighted by Gasteiger charge is -2.22. The summed E-state index contributed by atoms with van der Waals surface area (Å²) in [5, 5.41) is 14.6. The van der Waals surface area contributed by atoms with Gasteiger partial charge in [0.15, 0.2) is 5.82 Å². The lowest BCUT2D eigenvalue weighted by molar-refractivity contribution is 0.0509. The van der Waals surface area contributed by atoms with Crippen molar-refractivity contribution in [3.63, 3.8) is 0 Å². The Morgan fingerprint density at radius 1 is 1.29 bits per heavy atom. The largest absolute Gasteiger partial charge is 0.444 e. The van der Waals surface area contributed by atoms with Crippen molar-refractivity contribution in [1.29, 1.82) is 0 Å². The van der Waals surface area contributed by atoms with Gasteiger partial charge in [0.2, 0.25) is 0 Å². The molecule has 7 heteroatoms. The number of hydrogen-bond donors (Lipinski definition) is 2. The fraction of sp³-hybridized carbons (Fsp3) is 0.476. The van der Waals surface area contributed by atoms with Gasteiger partial charge in [-0.15, -0.1) is 5.10 Å². The van der Waals surface area contributed by atoms with Crippen molar-refractivity contribution in [3.8, 4) is 0 Å². The van der Waals surface area contributed by atoms with Crippen LogP contribution in [0.2, 0.25) is 0 Å². The average molecular weight is 383 g/mol. The van der Waals surface area contributed by atoms with Gasteiger partial charge < -0.3 is 20.3 Å². The molecule has 0 bridgehead atoms. The molecular formula is C21H29N5O2. The van der Waals surface area contributed by atoms with Gasteiger partial charge in [-0.2, -0.15) is 5.10 Å². The van der Waals surface area contributed by atoms with E-state index in [9.17, 15) is 4.79 Å². The first kappa shape index (κ1) is 19.9. The molecule has 2 N–H and O–H groups in total. The lowest BCUT2D eigenvalue weighted by atomic mass is 10.1. The number of ether oxygens (including phenoxy) is 1. The van der Waals surface area contributed by atoms with Gasteiger partial charge in [-0.3, -0.25) is 0 Å². The second-order valence-corrected chi connectivity index (χ2v) is 8.04. The SMILES string of the molecule is CC(C)(C)OC(=O)N[C@@H]1CCN(c2cnnc(NCCc3ccccc3)c2)C1. The van der Waals surface area contributed by atoms with Gasteiger partial charge in [-0.1, -0.05) is 30.3 Å². The minimum absolute atomic E-state index is 0.0671. The Kier molecular flexibility index (Phi) is 6.34. The van der Waals surface area contributed by atoms with Crippen LogP contribution in [-0.2, 0) is 11.2 Å². The van der Waals surface area contributed by atoms with Crippen molar-refractivity contribution < 1.29 is 9.53 Å². The molecule has 2 heterocycles. The number of rotatable bonds is 6. The highest BCUT2D eigenvalue weighted by molar-refractivity contribution is 5.68. The smallest absolute Gasteiger partial charge is 0.407 e. The fourth-order valence-electron chi connectivity index (χ4n) is 3.18. The molecule has 0 saturated carbocycles. The number of carbonyl (C=O) groups excluding carboxylic acids is 1. The normalized spacial score (nSPS) is 16.7. The van der Waals surface area contributed by atoms with Crippen LogP contribution in [0.1, 0.15) is 32.8 Å². The number of nitrogens with zero attached hydrogens (tertiary/aromatic N) is 3. The zero-order valence-corrected chi connectivity index (χ0v) is 16.8. The van der Waals surface area contributed by atoms with Crippen LogP contribution in [-0.4, -0.2) is 47.6 Å². The van der Waals surface area contributed by atoms with E-state index in [1.807, 2.05) is 45.0 Å². The lowest BCUT2D eigenvalue weighted by Crippen LogP contribution is -2.40. The average Bonchev–Trinajstić information content (AvgIpc) is 3.10. The van der Waals surface area contributed by atoms with Gasteiger partial charge in [0, 0.05) is 25.7 Å². The molecule has 0 radical (unpaired) electrons. The van der Waals surface area contributed by atoms with E-state index in [1.165, 1.54) is 5.56 Å². The summed E-state index contributed by atoms with van der Waals surface area (Å²) in [5.41, 5.74) is 1.80. The molecule has 0 unspecified atom stereocenters. The Morgan fingerprint density at radius 2 is 2.07 bits per heavy atom. The van der Waals surface area contributed by atoms with Crippen LogP contribution in [0.15, 0.2) is 42.6 Å². The summed E-state index contributed by atoms with van der Waals surface area (Å²) in [6.45, 7) is 7.97. The van der Waals surface area contributed by atoms with Crippen molar-refractivity contribution >= 4 is 17.6 Å². The van der Waals surface area contributed by atoms with E-state index in [1.54, 1.807) is 6.20 Å². The van der Waals surface area contributed by atoms with Crippen LogP contribution in [0.25, 0.3) is 0 Å². The molecular weight excluding hydrogens is 354 g/mol. The summed E-state index contributed by atoms with van der Waals surface area (Å²) in [6, 6.07) is 12.4. The van der Waals surface area contributed by atoms with Gasteiger partial charge in [-0.05, 0) is 39.2 Å². The Balaban J connectivity index is 1.49. The summed E-state index contributed by atoms with van der Waals surface area (Å²) in [4.78, 5) is 14.2. The predicted octanol–water partition coefficient (Wildman–Crippen LogP) is 3.23. The van der Waals surface area contributed by atoms with E-state index >= 15 is 0 Å². The summed E-state index contributed by atoms with van der Waals surface area (Å²) < 4.78 is 5.34. The quantitative estimate of drug-likeness (QED) is 0.797. The molecule has 1 aromatic heterocycles. The van der Waals surface area contributed by atoms with E-state index in [0.29, 0.717) is 0 Å². The molecule has 1 atom stereocenters. The highest BCUT2D eigenvalue weighted by Gasteiger charge is 2.26. The maximum absolute atomic E-state index is 12.0. The maximum atomic E-state index is 12.0. The first-order valence-corrected chi connectivity index (χ1v) is 9.74. The fourth-order valence-corrected chi connectivity index (χ4v) is 3.18. The van der Waals surface area contributed by atoms with Gasteiger partial charge in [0.25, 0.3) is 0 Å². The van der Waals surface area contributed by atoms with Crippen LogP contribution in [0.5, 0.6) is 0 Å². The van der Waals surface area contributed by atoms with Crippen LogP contribution in [0.4, 0.5) is 16.3 Å². The van der Waals surface area contributed by atoms with Crippen molar-refractivity contribution in [2.45, 2.75) is 45.3 Å². The van der Waals surface area contributed by atoms with Crippen molar-refractivity contribution in [3.05, 3.63) is 48.2 Å². The van der Waals surface area contributed by atoms with Crippen molar-refractivity contribution in [2.75, 3.05) is 29.9 Å². The minimum Gasteiger partial charge on any atom is -0.444 e. The maximum Gasteiger partial charge on any atom is 0.407 e. The number of anilines is 2. The number of aromatic nitrogens is 2. The summed E-state index contributed by atoms with van der Waals surface area (Å²) >= 11 is 0. The molecule has 1 fully saturated rings. The van der Waals surface area contributed by atoms with Crippen LogP contribution < -0.4 is 15.5 Å². The molecule has 1 aliphatic rings. The van der Waals surface area contributed by atoms with E-state index in [4.69, 9.17) is 4.74 Å². The topological polar surface area (TPSA) is 79.4 Å². The molecule has 0 aliphatic carbocycles. The summed E-state index contributed by atoms with van der Waals surface area (Å²) in [5.74, 6) is 0.761. The van der Waals surface area contributed by atoms with E-state index in [0.717, 1.165) is 44.0 Å². The number of alkyl carbamates (subject to hydrolysis) is 1. The molecule has 7 nitrogen and oxygen atoms in total.